The number of aromatic nitrogens is 1. The number of anilines is 1. The minimum absolute atomic E-state index is 0.0397. The largest absolute Gasteiger partial charge is 0.338 e. The SMILES string of the molecule is Cc1cc(NC(=O)CN2CC3CNCC3C2(C)C)on1. The Kier molecular flexibility index (Phi) is 3.30. The number of fused-ring (bicyclic) bond motifs is 1. The fraction of sp³-hybridized carbons (Fsp3) is 0.714. The summed E-state index contributed by atoms with van der Waals surface area (Å²) < 4.78 is 5.02. The zero-order valence-corrected chi connectivity index (χ0v) is 12.3. The van der Waals surface area contributed by atoms with Crippen molar-refractivity contribution in [2.75, 3.05) is 31.5 Å². The Bertz CT molecular complexity index is 511. The van der Waals surface area contributed by atoms with Crippen LogP contribution in [0.5, 0.6) is 0 Å². The first kappa shape index (κ1) is 13.6. The fourth-order valence-corrected chi connectivity index (χ4v) is 3.55. The van der Waals surface area contributed by atoms with Gasteiger partial charge < -0.3 is 9.84 Å². The van der Waals surface area contributed by atoms with Crippen molar-refractivity contribution in [2.24, 2.45) is 11.8 Å². The van der Waals surface area contributed by atoms with Gasteiger partial charge in [-0.25, -0.2) is 0 Å². The lowest BCUT2D eigenvalue weighted by atomic mass is 9.85. The van der Waals surface area contributed by atoms with E-state index in [-0.39, 0.29) is 11.4 Å². The predicted molar refractivity (Wildman–Crippen MR) is 75.4 cm³/mol. The molecule has 3 heterocycles. The number of hydrogen-bond acceptors (Lipinski definition) is 5. The summed E-state index contributed by atoms with van der Waals surface area (Å²) in [6, 6.07) is 1.73. The summed E-state index contributed by atoms with van der Waals surface area (Å²) in [5.74, 6) is 1.67. The van der Waals surface area contributed by atoms with Gasteiger partial charge in [0.05, 0.1) is 12.2 Å². The Balaban J connectivity index is 1.62. The third-order valence-electron chi connectivity index (χ3n) is 4.74. The Hall–Kier alpha value is -1.40. The minimum Gasteiger partial charge on any atom is -0.338 e. The molecular formula is C14H22N4O2. The average Bonchev–Trinajstić information content (AvgIpc) is 3.01. The Labute approximate surface area is 118 Å². The maximum atomic E-state index is 12.1. The van der Waals surface area contributed by atoms with Crippen LogP contribution < -0.4 is 10.6 Å². The van der Waals surface area contributed by atoms with Gasteiger partial charge in [0.25, 0.3) is 0 Å². The van der Waals surface area contributed by atoms with Crippen LogP contribution in [-0.2, 0) is 4.79 Å². The lowest BCUT2D eigenvalue weighted by molar-refractivity contribution is -0.118. The maximum Gasteiger partial charge on any atom is 0.240 e. The van der Waals surface area contributed by atoms with Crippen molar-refractivity contribution < 1.29 is 9.32 Å². The van der Waals surface area contributed by atoms with Crippen LogP contribution in [0.4, 0.5) is 5.88 Å². The normalized spacial score (nSPS) is 28.6. The predicted octanol–water partition coefficient (Wildman–Crippen LogP) is 0.851. The minimum atomic E-state index is -0.0397. The van der Waals surface area contributed by atoms with Gasteiger partial charge in [-0.05, 0) is 39.2 Å². The van der Waals surface area contributed by atoms with Gasteiger partial charge >= 0.3 is 0 Å². The smallest absolute Gasteiger partial charge is 0.240 e. The number of carbonyl (C=O) groups is 1. The fourth-order valence-electron chi connectivity index (χ4n) is 3.55. The lowest BCUT2D eigenvalue weighted by Crippen LogP contribution is -2.47. The molecule has 0 aromatic carbocycles. The van der Waals surface area contributed by atoms with Crippen molar-refractivity contribution in [3.8, 4) is 0 Å². The summed E-state index contributed by atoms with van der Waals surface area (Å²) in [6.07, 6.45) is 0. The van der Waals surface area contributed by atoms with Crippen LogP contribution in [0.15, 0.2) is 10.6 Å². The van der Waals surface area contributed by atoms with Crippen LogP contribution in [0.25, 0.3) is 0 Å². The number of rotatable bonds is 3. The number of nitrogens with one attached hydrogen (secondary N) is 2. The van der Waals surface area contributed by atoms with Crippen LogP contribution in [-0.4, -0.2) is 47.7 Å². The summed E-state index contributed by atoms with van der Waals surface area (Å²) >= 11 is 0. The van der Waals surface area contributed by atoms with Gasteiger partial charge in [0.2, 0.25) is 11.8 Å². The Morgan fingerprint density at radius 2 is 2.40 bits per heavy atom. The second kappa shape index (κ2) is 4.86. The molecule has 6 nitrogen and oxygen atoms in total. The Morgan fingerprint density at radius 3 is 3.05 bits per heavy atom. The molecule has 0 saturated carbocycles. The van der Waals surface area contributed by atoms with Gasteiger partial charge in [0, 0.05) is 24.7 Å². The van der Waals surface area contributed by atoms with E-state index in [1.54, 1.807) is 6.07 Å². The van der Waals surface area contributed by atoms with Crippen LogP contribution in [0.2, 0.25) is 0 Å². The van der Waals surface area contributed by atoms with E-state index in [4.69, 9.17) is 4.52 Å². The molecule has 2 saturated heterocycles. The molecule has 20 heavy (non-hydrogen) atoms. The van der Waals surface area contributed by atoms with E-state index < -0.39 is 0 Å². The highest BCUT2D eigenvalue weighted by Gasteiger charge is 2.49. The van der Waals surface area contributed by atoms with Crippen LogP contribution in [0.3, 0.4) is 0 Å². The molecule has 0 radical (unpaired) electrons. The van der Waals surface area contributed by atoms with Crippen molar-refractivity contribution in [3.63, 3.8) is 0 Å². The molecule has 1 aromatic rings. The molecule has 0 bridgehead atoms. The number of hydrogen-bond donors (Lipinski definition) is 2. The molecule has 2 aliphatic rings. The van der Waals surface area contributed by atoms with Crippen molar-refractivity contribution in [1.82, 2.24) is 15.4 Å². The van der Waals surface area contributed by atoms with Gasteiger partial charge in [-0.15, -0.1) is 0 Å². The number of likely N-dealkylation sites (tertiary alicyclic amines) is 1. The van der Waals surface area contributed by atoms with E-state index in [1.807, 2.05) is 6.92 Å². The number of carbonyl (C=O) groups excluding carboxylic acids is 1. The monoisotopic (exact) mass is 278 g/mol. The molecule has 2 N–H and O–H groups in total. The zero-order valence-electron chi connectivity index (χ0n) is 12.3. The molecule has 0 spiro atoms. The van der Waals surface area contributed by atoms with Gasteiger partial charge in [-0.1, -0.05) is 5.16 Å². The molecule has 1 aromatic heterocycles. The van der Waals surface area contributed by atoms with Crippen LogP contribution in [0.1, 0.15) is 19.5 Å². The molecule has 2 fully saturated rings. The van der Waals surface area contributed by atoms with Gasteiger partial charge in [-0.2, -0.15) is 0 Å². The van der Waals surface area contributed by atoms with Crippen LogP contribution in [0, 0.1) is 18.8 Å². The van der Waals surface area contributed by atoms with Crippen molar-refractivity contribution in [3.05, 3.63) is 11.8 Å². The number of aryl methyl sites for hydroxylation is 1. The van der Waals surface area contributed by atoms with Gasteiger partial charge in [0.15, 0.2) is 0 Å². The summed E-state index contributed by atoms with van der Waals surface area (Å²) in [4.78, 5) is 14.4. The zero-order chi connectivity index (χ0) is 14.3. The molecule has 2 aliphatic heterocycles. The maximum absolute atomic E-state index is 12.1. The molecule has 110 valence electrons. The lowest BCUT2D eigenvalue weighted by Gasteiger charge is -2.35. The average molecular weight is 278 g/mol. The third kappa shape index (κ3) is 2.33. The third-order valence-corrected chi connectivity index (χ3v) is 4.74. The standard InChI is InChI=1S/C14H22N4O2/c1-9-4-13(20-17-9)16-12(19)8-18-7-10-5-15-6-11(10)14(18,2)3/h4,10-11,15H,5-8H2,1-3H3,(H,16,19). The summed E-state index contributed by atoms with van der Waals surface area (Å²) in [7, 11) is 0. The van der Waals surface area contributed by atoms with E-state index in [1.165, 1.54) is 0 Å². The van der Waals surface area contributed by atoms with Crippen molar-refractivity contribution >= 4 is 11.8 Å². The topological polar surface area (TPSA) is 70.4 Å². The van der Waals surface area contributed by atoms with Gasteiger partial charge in [-0.3, -0.25) is 15.0 Å². The van der Waals surface area contributed by atoms with Crippen molar-refractivity contribution in [1.29, 1.82) is 0 Å². The van der Waals surface area contributed by atoms with Gasteiger partial charge in [0.1, 0.15) is 0 Å². The van der Waals surface area contributed by atoms with E-state index in [9.17, 15) is 4.79 Å². The number of amides is 1. The summed E-state index contributed by atoms with van der Waals surface area (Å²) in [5.41, 5.74) is 0.824. The highest BCUT2D eigenvalue weighted by atomic mass is 16.5. The molecular weight excluding hydrogens is 256 g/mol. The summed E-state index contributed by atoms with van der Waals surface area (Å²) in [5, 5.41) is 9.98. The first-order valence-corrected chi connectivity index (χ1v) is 7.16. The molecule has 2 atom stereocenters. The highest BCUT2D eigenvalue weighted by molar-refractivity contribution is 5.91. The van der Waals surface area contributed by atoms with E-state index in [2.05, 4.69) is 34.5 Å². The van der Waals surface area contributed by atoms with E-state index in [0.717, 1.165) is 25.3 Å². The summed E-state index contributed by atoms with van der Waals surface area (Å²) in [6.45, 7) is 9.79. The van der Waals surface area contributed by atoms with Crippen molar-refractivity contribution in [2.45, 2.75) is 26.3 Å². The Morgan fingerprint density at radius 1 is 1.60 bits per heavy atom. The molecule has 2 unspecified atom stereocenters. The van der Waals surface area contributed by atoms with Crippen LogP contribution >= 0.6 is 0 Å². The van der Waals surface area contributed by atoms with E-state index >= 15 is 0 Å². The highest BCUT2D eigenvalue weighted by Crippen LogP contribution is 2.40. The molecule has 6 heteroatoms. The second-order valence-corrected chi connectivity index (χ2v) is 6.44. The molecule has 1 amide bonds. The first-order valence-electron chi connectivity index (χ1n) is 7.16. The van der Waals surface area contributed by atoms with E-state index in [0.29, 0.717) is 24.3 Å². The first-order chi connectivity index (χ1) is 9.46. The second-order valence-electron chi connectivity index (χ2n) is 6.44. The quantitative estimate of drug-likeness (QED) is 0.858. The molecule has 0 aliphatic carbocycles. The number of nitrogens with zero attached hydrogens (tertiary/aromatic N) is 2. The molecule has 3 rings (SSSR count).